The van der Waals surface area contributed by atoms with Crippen molar-refractivity contribution in [2.75, 3.05) is 20.8 Å². The first kappa shape index (κ1) is 16.7. The molecule has 3 N–H and O–H groups in total. The molecule has 0 aliphatic heterocycles. The number of aromatic hydroxyl groups is 1. The lowest BCUT2D eigenvalue weighted by Crippen LogP contribution is -2.25. The number of aromatic nitrogens is 1. The predicted molar refractivity (Wildman–Crippen MR) is 95.5 cm³/mol. The molecule has 1 aromatic heterocycles. The molecule has 1 amide bonds. The first-order chi connectivity index (χ1) is 12.1. The van der Waals surface area contributed by atoms with E-state index in [0.717, 1.165) is 22.2 Å². The largest absolute Gasteiger partial charge is 0.508 e. The van der Waals surface area contributed by atoms with Crippen LogP contribution in [0.15, 0.2) is 42.5 Å². The van der Waals surface area contributed by atoms with E-state index in [4.69, 9.17) is 9.47 Å². The lowest BCUT2D eigenvalue weighted by molar-refractivity contribution is 0.0950. The lowest BCUT2D eigenvalue weighted by atomic mass is 10.1. The number of hydrogen-bond donors (Lipinski definition) is 3. The van der Waals surface area contributed by atoms with Gasteiger partial charge in [0.1, 0.15) is 22.9 Å². The molecule has 0 bridgehead atoms. The molecule has 3 aromatic rings. The van der Waals surface area contributed by atoms with Gasteiger partial charge in [-0.15, -0.1) is 0 Å². The van der Waals surface area contributed by atoms with Crippen molar-refractivity contribution in [2.24, 2.45) is 0 Å². The minimum Gasteiger partial charge on any atom is -0.508 e. The van der Waals surface area contributed by atoms with Crippen LogP contribution in [0, 0.1) is 0 Å². The van der Waals surface area contributed by atoms with Crippen molar-refractivity contribution >= 4 is 16.8 Å². The lowest BCUT2D eigenvalue weighted by Gasteiger charge is -2.07. The molecule has 0 atom stereocenters. The molecule has 0 saturated carbocycles. The van der Waals surface area contributed by atoms with Gasteiger partial charge in [-0.3, -0.25) is 4.79 Å². The van der Waals surface area contributed by atoms with Crippen LogP contribution >= 0.6 is 0 Å². The molecule has 2 aromatic carbocycles. The second kappa shape index (κ2) is 7.17. The molecular weight excluding hydrogens is 320 g/mol. The van der Waals surface area contributed by atoms with Gasteiger partial charge in [0.15, 0.2) is 0 Å². The van der Waals surface area contributed by atoms with Crippen LogP contribution in [0.3, 0.4) is 0 Å². The topological polar surface area (TPSA) is 83.6 Å². The SMILES string of the molecule is COc1ccc(CCNC(=O)c2cc3ccc(OC)cc3[nH]2)c(O)c1. The number of carbonyl (C=O) groups excluding carboxylic acids is 1. The highest BCUT2D eigenvalue weighted by Gasteiger charge is 2.10. The Morgan fingerprint density at radius 1 is 1.08 bits per heavy atom. The molecule has 6 nitrogen and oxygen atoms in total. The maximum atomic E-state index is 12.3. The standard InChI is InChI=1S/C19H20N2O4/c1-24-14-6-4-13-9-17(21-16(13)10-14)19(23)20-8-7-12-3-5-15(25-2)11-18(12)22/h3-6,9-11,21-22H,7-8H2,1-2H3,(H,20,23). The molecule has 1 heterocycles. The Bertz CT molecular complexity index is 902. The second-order valence-corrected chi connectivity index (χ2v) is 5.64. The van der Waals surface area contributed by atoms with Gasteiger partial charge in [0.2, 0.25) is 0 Å². The Labute approximate surface area is 145 Å². The van der Waals surface area contributed by atoms with Crippen LogP contribution in [0.5, 0.6) is 17.2 Å². The zero-order valence-electron chi connectivity index (χ0n) is 14.1. The highest BCUT2D eigenvalue weighted by molar-refractivity contribution is 5.98. The number of aromatic amines is 1. The zero-order valence-corrected chi connectivity index (χ0v) is 14.1. The molecule has 6 heteroatoms. The summed E-state index contributed by atoms with van der Waals surface area (Å²) in [4.78, 5) is 15.4. The van der Waals surface area contributed by atoms with Crippen molar-refractivity contribution in [3.63, 3.8) is 0 Å². The molecule has 0 spiro atoms. The first-order valence-corrected chi connectivity index (χ1v) is 7.91. The molecule has 0 unspecified atom stereocenters. The van der Waals surface area contributed by atoms with Gasteiger partial charge in [-0.05, 0) is 36.2 Å². The van der Waals surface area contributed by atoms with Crippen LogP contribution in [0.4, 0.5) is 0 Å². The summed E-state index contributed by atoms with van der Waals surface area (Å²) in [5.74, 6) is 1.30. The summed E-state index contributed by atoms with van der Waals surface area (Å²) in [5.41, 5.74) is 2.09. The van der Waals surface area contributed by atoms with Crippen LogP contribution < -0.4 is 14.8 Å². The first-order valence-electron chi connectivity index (χ1n) is 7.91. The van der Waals surface area contributed by atoms with Gasteiger partial charge in [-0.1, -0.05) is 6.07 Å². The third-order valence-electron chi connectivity index (χ3n) is 4.05. The van der Waals surface area contributed by atoms with Gasteiger partial charge in [0.05, 0.1) is 14.2 Å². The van der Waals surface area contributed by atoms with E-state index in [1.807, 2.05) is 18.2 Å². The fraction of sp³-hybridized carbons (Fsp3) is 0.211. The summed E-state index contributed by atoms with van der Waals surface area (Å²) in [6.07, 6.45) is 0.523. The Kier molecular flexibility index (Phi) is 4.79. The van der Waals surface area contributed by atoms with Crippen molar-refractivity contribution < 1.29 is 19.4 Å². The number of phenols is 1. The average molecular weight is 340 g/mol. The molecule has 130 valence electrons. The third kappa shape index (κ3) is 3.68. The molecule has 25 heavy (non-hydrogen) atoms. The third-order valence-corrected chi connectivity index (χ3v) is 4.05. The number of methoxy groups -OCH3 is 2. The predicted octanol–water partition coefficient (Wildman–Crippen LogP) is 2.86. The van der Waals surface area contributed by atoms with Crippen LogP contribution in [0.2, 0.25) is 0 Å². The number of nitrogens with one attached hydrogen (secondary N) is 2. The van der Waals surface area contributed by atoms with Crippen molar-refractivity contribution in [3.8, 4) is 17.2 Å². The molecule has 0 aliphatic carbocycles. The van der Waals surface area contributed by atoms with E-state index in [9.17, 15) is 9.90 Å². The van der Waals surface area contributed by atoms with E-state index in [0.29, 0.717) is 24.4 Å². The van der Waals surface area contributed by atoms with Crippen LogP contribution in [0.1, 0.15) is 16.1 Å². The fourth-order valence-electron chi connectivity index (χ4n) is 2.64. The number of hydrogen-bond acceptors (Lipinski definition) is 4. The molecular formula is C19H20N2O4. The Morgan fingerprint density at radius 2 is 1.80 bits per heavy atom. The second-order valence-electron chi connectivity index (χ2n) is 5.64. The number of H-pyrrole nitrogens is 1. The number of carbonyl (C=O) groups is 1. The smallest absolute Gasteiger partial charge is 0.267 e. The van der Waals surface area contributed by atoms with Gasteiger partial charge in [-0.2, -0.15) is 0 Å². The normalized spacial score (nSPS) is 10.6. The number of ether oxygens (including phenoxy) is 2. The number of amides is 1. The van der Waals surface area contributed by atoms with Crippen molar-refractivity contribution in [1.29, 1.82) is 0 Å². The van der Waals surface area contributed by atoms with Crippen LogP contribution in [-0.2, 0) is 6.42 Å². The van der Waals surface area contributed by atoms with Crippen molar-refractivity contribution in [2.45, 2.75) is 6.42 Å². The van der Waals surface area contributed by atoms with Crippen LogP contribution in [0.25, 0.3) is 10.9 Å². The van der Waals surface area contributed by atoms with Gasteiger partial charge < -0.3 is 24.9 Å². The minimum atomic E-state index is -0.192. The highest BCUT2D eigenvalue weighted by Crippen LogP contribution is 2.24. The maximum absolute atomic E-state index is 12.3. The number of phenolic OH excluding ortho intramolecular Hbond substituents is 1. The average Bonchev–Trinajstić information content (AvgIpc) is 3.06. The van der Waals surface area contributed by atoms with E-state index in [-0.39, 0.29) is 11.7 Å². The zero-order chi connectivity index (χ0) is 17.8. The number of rotatable bonds is 6. The van der Waals surface area contributed by atoms with Gasteiger partial charge in [0, 0.05) is 29.6 Å². The number of benzene rings is 2. The summed E-state index contributed by atoms with van der Waals surface area (Å²) in [7, 11) is 3.15. The number of fused-ring (bicyclic) bond motifs is 1. The summed E-state index contributed by atoms with van der Waals surface area (Å²) in [6.45, 7) is 0.414. The summed E-state index contributed by atoms with van der Waals surface area (Å²) in [5, 5.41) is 13.7. The fourth-order valence-corrected chi connectivity index (χ4v) is 2.64. The Balaban J connectivity index is 1.62. The monoisotopic (exact) mass is 340 g/mol. The summed E-state index contributed by atoms with van der Waals surface area (Å²) in [6, 6.07) is 12.5. The molecule has 0 saturated heterocycles. The Hall–Kier alpha value is -3.15. The van der Waals surface area contributed by atoms with Gasteiger partial charge in [0.25, 0.3) is 5.91 Å². The van der Waals surface area contributed by atoms with Gasteiger partial charge in [-0.25, -0.2) is 0 Å². The minimum absolute atomic E-state index is 0.159. The highest BCUT2D eigenvalue weighted by atomic mass is 16.5. The Morgan fingerprint density at radius 3 is 2.52 bits per heavy atom. The maximum Gasteiger partial charge on any atom is 0.267 e. The van der Waals surface area contributed by atoms with E-state index >= 15 is 0 Å². The molecule has 0 radical (unpaired) electrons. The van der Waals surface area contributed by atoms with Gasteiger partial charge >= 0.3 is 0 Å². The van der Waals surface area contributed by atoms with Crippen LogP contribution in [-0.4, -0.2) is 36.8 Å². The van der Waals surface area contributed by atoms with E-state index < -0.39 is 0 Å². The summed E-state index contributed by atoms with van der Waals surface area (Å²) < 4.78 is 10.2. The quantitative estimate of drug-likeness (QED) is 0.644. The van der Waals surface area contributed by atoms with E-state index in [1.54, 1.807) is 38.5 Å². The molecule has 0 aliphatic rings. The summed E-state index contributed by atoms with van der Waals surface area (Å²) >= 11 is 0. The van der Waals surface area contributed by atoms with Crippen molar-refractivity contribution in [1.82, 2.24) is 10.3 Å². The van der Waals surface area contributed by atoms with E-state index in [2.05, 4.69) is 10.3 Å². The van der Waals surface area contributed by atoms with Crippen molar-refractivity contribution in [3.05, 3.63) is 53.7 Å². The molecule has 3 rings (SSSR count). The molecule has 0 fully saturated rings. The van der Waals surface area contributed by atoms with E-state index in [1.165, 1.54) is 0 Å².